The number of carbonyl (C=O) groups is 4. The summed E-state index contributed by atoms with van der Waals surface area (Å²) in [6, 6.07) is 14.5. The van der Waals surface area contributed by atoms with Crippen molar-refractivity contribution in [2.75, 3.05) is 33.4 Å². The van der Waals surface area contributed by atoms with E-state index in [0.29, 0.717) is 30.3 Å². The fourth-order valence-electron chi connectivity index (χ4n) is 7.90. The number of aromatic nitrogens is 3. The summed E-state index contributed by atoms with van der Waals surface area (Å²) < 4.78 is 19.9. The maximum atomic E-state index is 14.6. The number of hydrogen-bond donors (Lipinski definition) is 2. The number of carbonyl (C=O) groups excluding carboxylic acids is 4. The SMILES string of the molecule is C=CCCC(=O)N[C@H](COC)[C@H](OC(=O)[C@@H]1[C@H]2C(=O)N(CCO)[C@H](C(=O)N(CC=C)Cn3nnc4ccccc43)[C@]23CC[C@H]1O3)c1ccccc1. The molecule has 2 N–H and O–H groups in total. The van der Waals surface area contributed by atoms with E-state index in [2.05, 4.69) is 28.8 Å². The van der Waals surface area contributed by atoms with Gasteiger partial charge in [0, 0.05) is 26.6 Å². The van der Waals surface area contributed by atoms with Crippen molar-refractivity contribution >= 4 is 34.7 Å². The van der Waals surface area contributed by atoms with Gasteiger partial charge in [0.25, 0.3) is 0 Å². The summed E-state index contributed by atoms with van der Waals surface area (Å²) in [6.07, 6.45) is 3.05. The van der Waals surface area contributed by atoms with Crippen LogP contribution in [0.15, 0.2) is 79.9 Å². The van der Waals surface area contributed by atoms with Crippen LogP contribution in [0.3, 0.4) is 0 Å². The number of hydrogen-bond acceptors (Lipinski definition) is 10. The normalized spacial score (nSPS) is 24.6. The molecule has 1 aromatic heterocycles. The minimum Gasteiger partial charge on any atom is -0.455 e. The van der Waals surface area contributed by atoms with E-state index in [1.54, 1.807) is 41.1 Å². The predicted octanol–water partition coefficient (Wildman–Crippen LogP) is 2.15. The fourth-order valence-corrected chi connectivity index (χ4v) is 7.90. The van der Waals surface area contributed by atoms with Crippen LogP contribution in [0.4, 0.5) is 0 Å². The van der Waals surface area contributed by atoms with Gasteiger partial charge in [0.05, 0.1) is 42.7 Å². The van der Waals surface area contributed by atoms with Crippen molar-refractivity contribution in [1.29, 1.82) is 0 Å². The second kappa shape index (κ2) is 15.5. The smallest absolute Gasteiger partial charge is 0.313 e. The quantitative estimate of drug-likeness (QED) is 0.158. The van der Waals surface area contributed by atoms with E-state index in [4.69, 9.17) is 14.2 Å². The third-order valence-electron chi connectivity index (χ3n) is 10.0. The van der Waals surface area contributed by atoms with Gasteiger partial charge in [-0.2, -0.15) is 0 Å². The predicted molar refractivity (Wildman–Crippen MR) is 184 cm³/mol. The first kappa shape index (κ1) is 35.9. The Bertz CT molecular complexity index is 1770. The highest BCUT2D eigenvalue weighted by molar-refractivity contribution is 5.98. The number of allylic oxidation sites excluding steroid dienone is 1. The number of aliphatic hydroxyl groups is 1. The second-order valence-corrected chi connectivity index (χ2v) is 13.1. The molecule has 3 aliphatic heterocycles. The summed E-state index contributed by atoms with van der Waals surface area (Å²) >= 11 is 0. The zero-order valence-electron chi connectivity index (χ0n) is 28.6. The molecular weight excluding hydrogens is 656 g/mol. The van der Waals surface area contributed by atoms with Crippen LogP contribution in [-0.2, 0) is 40.1 Å². The highest BCUT2D eigenvalue weighted by atomic mass is 16.6. The van der Waals surface area contributed by atoms with E-state index < -0.39 is 66.1 Å². The maximum absolute atomic E-state index is 14.6. The largest absolute Gasteiger partial charge is 0.455 e. The Labute approximate surface area is 296 Å². The lowest BCUT2D eigenvalue weighted by Crippen LogP contribution is -2.56. The number of esters is 1. The molecule has 0 unspecified atom stereocenters. The summed E-state index contributed by atoms with van der Waals surface area (Å²) in [6.45, 7) is 7.20. The molecule has 3 saturated heterocycles. The fraction of sp³-hybridized carbons (Fsp3) is 0.459. The van der Waals surface area contributed by atoms with Gasteiger partial charge in [-0.1, -0.05) is 59.8 Å². The molecule has 0 saturated carbocycles. The van der Waals surface area contributed by atoms with Crippen LogP contribution in [0.2, 0.25) is 0 Å². The van der Waals surface area contributed by atoms with Gasteiger partial charge < -0.3 is 34.4 Å². The molecule has 7 atom stereocenters. The third-order valence-corrected chi connectivity index (χ3v) is 10.0. The van der Waals surface area contributed by atoms with Crippen molar-refractivity contribution in [3.8, 4) is 0 Å². The summed E-state index contributed by atoms with van der Waals surface area (Å²) in [5, 5.41) is 21.4. The van der Waals surface area contributed by atoms with E-state index in [0.717, 1.165) is 5.52 Å². The molecule has 2 aromatic carbocycles. The molecule has 3 fully saturated rings. The number of para-hydroxylation sites is 1. The standard InChI is InChI=1S/C37H44N6O8/c1-4-6-16-29(45)38-26(22-49-3)32(24-12-8-7-9-13-24)50-36(48)30-28-17-18-37(51-28)31(30)34(46)42(20-21-44)33(37)35(47)41(19-5-2)23-43-27-15-11-10-14-25(27)39-40-43/h4-5,7-15,26,28,30-33,44H,1-2,6,16-23H2,3H3,(H,38,45)/t26-,28-,30+,31+,32-,33-,37+/m1/s1. The van der Waals surface area contributed by atoms with Crippen molar-refractivity contribution < 1.29 is 38.5 Å². The molecule has 51 heavy (non-hydrogen) atoms. The van der Waals surface area contributed by atoms with Crippen LogP contribution in [0, 0.1) is 11.8 Å². The number of nitrogens with zero attached hydrogens (tertiary/aromatic N) is 5. The summed E-state index contributed by atoms with van der Waals surface area (Å²) in [7, 11) is 1.49. The Morgan fingerprint density at radius 1 is 1.16 bits per heavy atom. The number of β-amino-alcohol motifs (C(OH)–C–C–N with tert-alkyl or cyclic N) is 1. The molecule has 3 amide bonds. The topological polar surface area (TPSA) is 165 Å². The van der Waals surface area contributed by atoms with Crippen molar-refractivity contribution in [3.05, 3.63) is 85.5 Å². The number of nitrogens with one attached hydrogen (secondary N) is 1. The summed E-state index contributed by atoms with van der Waals surface area (Å²) in [5.41, 5.74) is 0.693. The number of ether oxygens (including phenoxy) is 3. The maximum Gasteiger partial charge on any atom is 0.313 e. The molecular formula is C37H44N6O8. The molecule has 270 valence electrons. The molecule has 2 bridgehead atoms. The number of amides is 3. The monoisotopic (exact) mass is 700 g/mol. The van der Waals surface area contributed by atoms with Crippen LogP contribution >= 0.6 is 0 Å². The molecule has 0 aliphatic carbocycles. The highest BCUT2D eigenvalue weighted by Gasteiger charge is 2.75. The lowest BCUT2D eigenvalue weighted by molar-refractivity contribution is -0.163. The molecule has 14 nitrogen and oxygen atoms in total. The molecule has 4 heterocycles. The van der Waals surface area contributed by atoms with Crippen molar-refractivity contribution in [2.45, 2.75) is 62.2 Å². The number of rotatable bonds is 17. The average molecular weight is 701 g/mol. The van der Waals surface area contributed by atoms with Crippen LogP contribution in [0.5, 0.6) is 0 Å². The summed E-state index contributed by atoms with van der Waals surface area (Å²) in [4.78, 5) is 59.0. The van der Waals surface area contributed by atoms with Gasteiger partial charge in [0.2, 0.25) is 17.7 Å². The van der Waals surface area contributed by atoms with Crippen LogP contribution in [-0.4, -0.2) is 111 Å². The van der Waals surface area contributed by atoms with Gasteiger partial charge in [-0.25, -0.2) is 4.68 Å². The molecule has 14 heteroatoms. The van der Waals surface area contributed by atoms with Crippen molar-refractivity contribution in [3.63, 3.8) is 0 Å². The highest BCUT2D eigenvalue weighted by Crippen LogP contribution is 2.59. The Morgan fingerprint density at radius 2 is 1.92 bits per heavy atom. The number of likely N-dealkylation sites (tertiary alicyclic amines) is 1. The Morgan fingerprint density at radius 3 is 2.65 bits per heavy atom. The number of benzene rings is 2. The number of fused-ring (bicyclic) bond motifs is 2. The second-order valence-electron chi connectivity index (χ2n) is 13.1. The Balaban J connectivity index is 1.30. The van der Waals surface area contributed by atoms with E-state index >= 15 is 0 Å². The third kappa shape index (κ3) is 6.78. The number of aliphatic hydroxyl groups excluding tert-OH is 1. The van der Waals surface area contributed by atoms with Crippen LogP contribution in [0.25, 0.3) is 11.0 Å². The average Bonchev–Trinajstić information content (AvgIpc) is 3.89. The molecule has 3 aliphatic rings. The zero-order chi connectivity index (χ0) is 36.1. The van der Waals surface area contributed by atoms with E-state index in [1.807, 2.05) is 30.3 Å². The van der Waals surface area contributed by atoms with E-state index in [-0.39, 0.29) is 38.7 Å². The molecule has 6 rings (SSSR count). The van der Waals surface area contributed by atoms with Gasteiger partial charge in [0.1, 0.15) is 29.9 Å². The molecule has 1 spiro atoms. The first-order chi connectivity index (χ1) is 24.8. The van der Waals surface area contributed by atoms with Gasteiger partial charge in [-0.15, -0.1) is 18.3 Å². The zero-order valence-corrected chi connectivity index (χ0v) is 28.6. The lowest BCUT2D eigenvalue weighted by atomic mass is 9.70. The van der Waals surface area contributed by atoms with E-state index in [1.165, 1.54) is 16.9 Å². The number of methoxy groups -OCH3 is 1. The lowest BCUT2D eigenvalue weighted by Gasteiger charge is -2.36. The van der Waals surface area contributed by atoms with Gasteiger partial charge in [-0.05, 0) is 37.0 Å². The Kier molecular flexibility index (Phi) is 10.9. The van der Waals surface area contributed by atoms with E-state index in [9.17, 15) is 24.3 Å². The van der Waals surface area contributed by atoms with Crippen LogP contribution < -0.4 is 5.32 Å². The first-order valence-electron chi connectivity index (χ1n) is 17.2. The molecule has 3 aromatic rings. The minimum atomic E-state index is -1.32. The first-order valence-corrected chi connectivity index (χ1v) is 17.2. The molecule has 0 radical (unpaired) electrons. The van der Waals surface area contributed by atoms with Crippen LogP contribution in [0.1, 0.15) is 37.4 Å². The van der Waals surface area contributed by atoms with Gasteiger partial charge in [-0.3, -0.25) is 19.2 Å². The van der Waals surface area contributed by atoms with Crippen molar-refractivity contribution in [2.24, 2.45) is 11.8 Å². The van der Waals surface area contributed by atoms with Gasteiger partial charge >= 0.3 is 5.97 Å². The Hall–Kier alpha value is -4.92. The summed E-state index contributed by atoms with van der Waals surface area (Å²) in [5.74, 6) is -3.86. The van der Waals surface area contributed by atoms with Crippen molar-refractivity contribution in [1.82, 2.24) is 30.1 Å². The minimum absolute atomic E-state index is 0.0246. The van der Waals surface area contributed by atoms with Gasteiger partial charge in [0.15, 0.2) is 0 Å².